The smallest absolute Gasteiger partial charge is 0.359 e. The molecule has 0 saturated carbocycles. The molecule has 1 amide bonds. The summed E-state index contributed by atoms with van der Waals surface area (Å²) in [6.45, 7) is 4.18. The topological polar surface area (TPSA) is 114 Å². The van der Waals surface area contributed by atoms with Gasteiger partial charge in [0.15, 0.2) is 11.5 Å². The van der Waals surface area contributed by atoms with Gasteiger partial charge in [0, 0.05) is 29.9 Å². The number of imidazole rings is 1. The molecular weight excluding hydrogens is 420 g/mol. The van der Waals surface area contributed by atoms with Gasteiger partial charge in [-0.25, -0.2) is 14.3 Å². The number of amides is 1. The van der Waals surface area contributed by atoms with E-state index in [1.54, 1.807) is 53.3 Å². The first kappa shape index (κ1) is 20.6. The van der Waals surface area contributed by atoms with E-state index in [0.717, 1.165) is 5.65 Å². The molecule has 3 heterocycles. The number of carbonyl (C=O) groups is 1. The largest absolute Gasteiger partial charge is 0.426 e. The Hall–Kier alpha value is -4.27. The van der Waals surface area contributed by atoms with Gasteiger partial charge in [0.2, 0.25) is 0 Å². The maximum Gasteiger partial charge on any atom is 0.359 e. The highest BCUT2D eigenvalue weighted by Crippen LogP contribution is 2.35. The standard InChI is InChI=1S/C24H22N6O3/c1-24(2)13-18(27-28-20-8-9-21-25-10-11-30(21)29-20)16-12-17(23(32)33-19(16)14-24)26-22(31)15-6-4-3-5-7-15/h3-12H,13-14H2,1-2H3,(H,26,31)(H,28,29)/b27-18+. The Bertz CT molecular complexity index is 1440. The van der Waals surface area contributed by atoms with Crippen LogP contribution in [0, 0.1) is 5.41 Å². The van der Waals surface area contributed by atoms with E-state index in [0.29, 0.717) is 41.3 Å². The molecule has 0 unspecified atom stereocenters. The van der Waals surface area contributed by atoms with Gasteiger partial charge in [0.05, 0.1) is 5.71 Å². The van der Waals surface area contributed by atoms with Crippen molar-refractivity contribution in [2.45, 2.75) is 26.7 Å². The SMILES string of the molecule is CC1(C)C/C(=N\Nc2ccc3nccn3n2)c2cc(NC(=O)c3ccccc3)c(=O)oc2C1. The molecule has 4 aromatic rings. The molecule has 9 nitrogen and oxygen atoms in total. The average molecular weight is 442 g/mol. The predicted octanol–water partition coefficient (Wildman–Crippen LogP) is 3.72. The Morgan fingerprint density at radius 3 is 2.79 bits per heavy atom. The number of anilines is 2. The van der Waals surface area contributed by atoms with E-state index in [1.165, 1.54) is 0 Å². The number of nitrogens with zero attached hydrogens (tertiary/aromatic N) is 4. The fourth-order valence-corrected chi connectivity index (χ4v) is 3.90. The van der Waals surface area contributed by atoms with Crippen molar-refractivity contribution >= 4 is 28.8 Å². The van der Waals surface area contributed by atoms with E-state index in [2.05, 4.69) is 39.8 Å². The highest BCUT2D eigenvalue weighted by molar-refractivity contribution is 6.06. The fraction of sp³-hybridized carbons (Fsp3) is 0.208. The molecular formula is C24H22N6O3. The lowest BCUT2D eigenvalue weighted by Crippen LogP contribution is -2.30. The van der Waals surface area contributed by atoms with Crippen LogP contribution in [0.3, 0.4) is 0 Å². The van der Waals surface area contributed by atoms with Crippen LogP contribution >= 0.6 is 0 Å². The van der Waals surface area contributed by atoms with E-state index >= 15 is 0 Å². The van der Waals surface area contributed by atoms with Gasteiger partial charge >= 0.3 is 5.63 Å². The lowest BCUT2D eigenvalue weighted by Gasteiger charge is -2.30. The summed E-state index contributed by atoms with van der Waals surface area (Å²) in [5.74, 6) is 0.717. The van der Waals surface area contributed by atoms with Crippen molar-refractivity contribution < 1.29 is 9.21 Å². The van der Waals surface area contributed by atoms with Crippen molar-refractivity contribution in [3.05, 3.63) is 88.2 Å². The maximum absolute atomic E-state index is 12.6. The van der Waals surface area contributed by atoms with Crippen molar-refractivity contribution in [1.82, 2.24) is 14.6 Å². The van der Waals surface area contributed by atoms with Crippen LogP contribution in [0.4, 0.5) is 11.5 Å². The summed E-state index contributed by atoms with van der Waals surface area (Å²) in [5.41, 5.74) is 4.92. The summed E-state index contributed by atoms with van der Waals surface area (Å²) in [5, 5.41) is 11.7. The second kappa shape index (κ2) is 8.01. The van der Waals surface area contributed by atoms with Gasteiger partial charge in [-0.1, -0.05) is 32.0 Å². The van der Waals surface area contributed by atoms with Crippen LogP contribution in [0.1, 0.15) is 41.9 Å². The molecule has 0 radical (unpaired) electrons. The number of hydrogen-bond donors (Lipinski definition) is 2. The van der Waals surface area contributed by atoms with Gasteiger partial charge in [-0.2, -0.15) is 5.10 Å². The number of nitrogens with one attached hydrogen (secondary N) is 2. The molecule has 166 valence electrons. The van der Waals surface area contributed by atoms with Crippen molar-refractivity contribution in [2.24, 2.45) is 10.5 Å². The van der Waals surface area contributed by atoms with E-state index in [4.69, 9.17) is 4.42 Å². The Morgan fingerprint density at radius 2 is 1.97 bits per heavy atom. The van der Waals surface area contributed by atoms with E-state index in [-0.39, 0.29) is 17.0 Å². The zero-order chi connectivity index (χ0) is 23.0. The Balaban J connectivity index is 1.48. The number of benzene rings is 1. The summed E-state index contributed by atoms with van der Waals surface area (Å²) in [4.78, 5) is 29.3. The monoisotopic (exact) mass is 442 g/mol. The minimum atomic E-state index is -0.588. The summed E-state index contributed by atoms with van der Waals surface area (Å²) in [7, 11) is 0. The first-order valence-electron chi connectivity index (χ1n) is 10.5. The highest BCUT2D eigenvalue weighted by atomic mass is 16.4. The minimum Gasteiger partial charge on any atom is -0.426 e. The number of fused-ring (bicyclic) bond motifs is 2. The van der Waals surface area contributed by atoms with Crippen LogP contribution in [-0.4, -0.2) is 26.2 Å². The first-order valence-corrected chi connectivity index (χ1v) is 10.5. The van der Waals surface area contributed by atoms with Gasteiger partial charge in [-0.05, 0) is 42.2 Å². The third-order valence-electron chi connectivity index (χ3n) is 5.47. The molecule has 1 aliphatic carbocycles. The predicted molar refractivity (Wildman–Crippen MR) is 125 cm³/mol. The second-order valence-electron chi connectivity index (χ2n) is 8.74. The summed E-state index contributed by atoms with van der Waals surface area (Å²) in [6, 6.07) is 14.0. The lowest BCUT2D eigenvalue weighted by molar-refractivity contribution is 0.102. The molecule has 5 rings (SSSR count). The van der Waals surface area contributed by atoms with Crippen molar-refractivity contribution in [3.63, 3.8) is 0 Å². The Morgan fingerprint density at radius 1 is 1.15 bits per heavy atom. The molecule has 33 heavy (non-hydrogen) atoms. The van der Waals surface area contributed by atoms with Crippen molar-refractivity contribution in [3.8, 4) is 0 Å². The van der Waals surface area contributed by atoms with Crippen LogP contribution in [0.5, 0.6) is 0 Å². The minimum absolute atomic E-state index is 0.0768. The molecule has 0 aliphatic heterocycles. The molecule has 0 spiro atoms. The number of carbonyl (C=O) groups excluding carboxylic acids is 1. The van der Waals surface area contributed by atoms with Gasteiger partial charge in [0.25, 0.3) is 5.91 Å². The molecule has 2 N–H and O–H groups in total. The van der Waals surface area contributed by atoms with E-state index < -0.39 is 5.63 Å². The number of hydrogen-bond acceptors (Lipinski definition) is 7. The van der Waals surface area contributed by atoms with Crippen molar-refractivity contribution in [2.75, 3.05) is 10.7 Å². The van der Waals surface area contributed by atoms with Crippen molar-refractivity contribution in [1.29, 1.82) is 0 Å². The molecule has 0 bridgehead atoms. The third kappa shape index (κ3) is 4.25. The third-order valence-corrected chi connectivity index (χ3v) is 5.47. The molecule has 1 aromatic carbocycles. The molecule has 3 aromatic heterocycles. The summed E-state index contributed by atoms with van der Waals surface area (Å²) >= 11 is 0. The number of rotatable bonds is 4. The molecule has 0 atom stereocenters. The van der Waals surface area contributed by atoms with E-state index in [1.807, 2.05) is 12.1 Å². The van der Waals surface area contributed by atoms with Crippen LogP contribution in [0.25, 0.3) is 5.65 Å². The van der Waals surface area contributed by atoms with Gasteiger partial charge in [0.1, 0.15) is 11.4 Å². The van der Waals surface area contributed by atoms with Gasteiger partial charge in [-0.3, -0.25) is 10.2 Å². The molecule has 1 aliphatic rings. The Labute approximate surface area is 189 Å². The Kier molecular flexibility index (Phi) is 5.01. The van der Waals surface area contributed by atoms with Gasteiger partial charge < -0.3 is 9.73 Å². The molecule has 9 heteroatoms. The summed E-state index contributed by atoms with van der Waals surface area (Å²) < 4.78 is 7.28. The number of aromatic nitrogens is 3. The lowest BCUT2D eigenvalue weighted by atomic mass is 9.76. The average Bonchev–Trinajstić information content (AvgIpc) is 3.26. The van der Waals surface area contributed by atoms with E-state index in [9.17, 15) is 9.59 Å². The van der Waals surface area contributed by atoms with Crippen LogP contribution in [0.2, 0.25) is 0 Å². The fourth-order valence-electron chi connectivity index (χ4n) is 3.90. The van der Waals surface area contributed by atoms with Crippen LogP contribution in [-0.2, 0) is 6.42 Å². The maximum atomic E-state index is 12.6. The summed E-state index contributed by atoms with van der Waals surface area (Å²) in [6.07, 6.45) is 4.66. The number of hydrazone groups is 1. The van der Waals surface area contributed by atoms with Gasteiger partial charge in [-0.15, -0.1) is 5.10 Å². The highest BCUT2D eigenvalue weighted by Gasteiger charge is 2.32. The molecule has 0 fully saturated rings. The normalized spacial score (nSPS) is 15.9. The second-order valence-corrected chi connectivity index (χ2v) is 8.74. The van der Waals surface area contributed by atoms with Crippen LogP contribution in [0.15, 0.2) is 75.2 Å². The quantitative estimate of drug-likeness (QED) is 0.466. The first-order chi connectivity index (χ1) is 15.9. The van der Waals surface area contributed by atoms with Crippen LogP contribution < -0.4 is 16.4 Å². The zero-order valence-electron chi connectivity index (χ0n) is 18.2. The molecule has 0 saturated heterocycles. The zero-order valence-corrected chi connectivity index (χ0v) is 18.2.